The topological polar surface area (TPSA) is 44.0 Å². The molecule has 1 aromatic heterocycles. The minimum absolute atomic E-state index is 0.249. The lowest BCUT2D eigenvalue weighted by Gasteiger charge is -2.29. The molecule has 3 rings (SSSR count). The minimum Gasteiger partial charge on any atom is -0.468 e. The average molecular weight is 340 g/mol. The van der Waals surface area contributed by atoms with Gasteiger partial charge in [-0.2, -0.15) is 0 Å². The van der Waals surface area contributed by atoms with Gasteiger partial charge in [0.1, 0.15) is 5.76 Å². The van der Waals surface area contributed by atoms with Crippen molar-refractivity contribution in [2.45, 2.75) is 25.4 Å². The molecule has 0 bridgehead atoms. The first kappa shape index (κ1) is 17.5. The van der Waals surface area contributed by atoms with Crippen LogP contribution in [0.4, 0.5) is 0 Å². The fourth-order valence-corrected chi connectivity index (χ4v) is 3.45. The summed E-state index contributed by atoms with van der Waals surface area (Å²) in [5.74, 6) is 1.93. The molecule has 1 atom stereocenters. The zero-order valence-electron chi connectivity index (χ0n) is 15.2. The van der Waals surface area contributed by atoms with Crippen LogP contribution in [0.15, 0.2) is 58.1 Å². The highest BCUT2D eigenvalue weighted by Gasteiger charge is 2.25. The van der Waals surface area contributed by atoms with Crippen LogP contribution in [0.3, 0.4) is 0 Å². The first-order chi connectivity index (χ1) is 12.3. The second-order valence-corrected chi connectivity index (χ2v) is 6.54. The lowest BCUT2D eigenvalue weighted by Crippen LogP contribution is -2.43. The van der Waals surface area contributed by atoms with E-state index in [1.165, 1.54) is 18.4 Å². The van der Waals surface area contributed by atoms with E-state index in [0.717, 1.165) is 37.9 Å². The summed E-state index contributed by atoms with van der Waals surface area (Å²) in [6.45, 7) is 3.88. The molecular weight excluding hydrogens is 312 g/mol. The van der Waals surface area contributed by atoms with Crippen molar-refractivity contribution in [2.24, 2.45) is 4.99 Å². The zero-order valence-corrected chi connectivity index (χ0v) is 15.2. The normalized spacial score (nSPS) is 16.8. The number of aliphatic imine (C=N–C) groups is 1. The molecule has 1 saturated heterocycles. The van der Waals surface area contributed by atoms with Crippen LogP contribution >= 0.6 is 0 Å². The third kappa shape index (κ3) is 4.63. The Balaban J connectivity index is 1.62. The second-order valence-electron chi connectivity index (χ2n) is 6.54. The molecule has 2 aromatic rings. The Hall–Kier alpha value is -2.27. The summed E-state index contributed by atoms with van der Waals surface area (Å²) in [6, 6.07) is 14.7. The smallest absolute Gasteiger partial charge is 0.193 e. The van der Waals surface area contributed by atoms with Gasteiger partial charge in [0.2, 0.25) is 0 Å². The Kier molecular flexibility index (Phi) is 6.12. The molecule has 0 amide bonds. The third-order valence-corrected chi connectivity index (χ3v) is 4.74. The fourth-order valence-electron chi connectivity index (χ4n) is 3.45. The van der Waals surface area contributed by atoms with Crippen LogP contribution in [0.1, 0.15) is 30.2 Å². The summed E-state index contributed by atoms with van der Waals surface area (Å²) in [4.78, 5) is 9.09. The highest BCUT2D eigenvalue weighted by Crippen LogP contribution is 2.24. The quantitative estimate of drug-likeness (QED) is 0.648. The number of nitrogens with one attached hydrogen (secondary N) is 1. The average Bonchev–Trinajstić information content (AvgIpc) is 3.34. The lowest BCUT2D eigenvalue weighted by molar-refractivity contribution is 0.214. The number of rotatable bonds is 6. The molecule has 0 spiro atoms. The molecule has 1 aromatic carbocycles. The summed E-state index contributed by atoms with van der Waals surface area (Å²) in [5.41, 5.74) is 1.27. The summed E-state index contributed by atoms with van der Waals surface area (Å²) in [6.07, 6.45) is 4.29. The van der Waals surface area contributed by atoms with Crippen LogP contribution in [0.25, 0.3) is 0 Å². The van der Waals surface area contributed by atoms with Crippen molar-refractivity contribution in [3.63, 3.8) is 0 Å². The van der Waals surface area contributed by atoms with E-state index in [4.69, 9.17) is 4.42 Å². The van der Waals surface area contributed by atoms with Crippen LogP contribution < -0.4 is 5.32 Å². The van der Waals surface area contributed by atoms with Gasteiger partial charge in [0, 0.05) is 27.2 Å². The van der Waals surface area contributed by atoms with Crippen molar-refractivity contribution >= 4 is 5.96 Å². The molecule has 5 heteroatoms. The number of hydrogen-bond acceptors (Lipinski definition) is 3. The highest BCUT2D eigenvalue weighted by atomic mass is 16.3. The number of benzene rings is 1. The molecule has 0 aliphatic carbocycles. The van der Waals surface area contributed by atoms with Crippen molar-refractivity contribution in [3.05, 3.63) is 60.1 Å². The van der Waals surface area contributed by atoms with Gasteiger partial charge in [0.25, 0.3) is 0 Å². The van der Waals surface area contributed by atoms with Gasteiger partial charge in [-0.15, -0.1) is 0 Å². The van der Waals surface area contributed by atoms with Crippen molar-refractivity contribution < 1.29 is 4.42 Å². The molecule has 1 N–H and O–H groups in total. The van der Waals surface area contributed by atoms with E-state index in [2.05, 4.69) is 57.5 Å². The summed E-state index contributed by atoms with van der Waals surface area (Å²) < 4.78 is 5.69. The molecule has 0 saturated carbocycles. The third-order valence-electron chi connectivity index (χ3n) is 4.74. The first-order valence-corrected chi connectivity index (χ1v) is 9.01. The predicted octanol–water partition coefficient (Wildman–Crippen LogP) is 3.12. The van der Waals surface area contributed by atoms with Crippen LogP contribution in [0, 0.1) is 0 Å². The Morgan fingerprint density at radius 1 is 1.20 bits per heavy atom. The van der Waals surface area contributed by atoms with Crippen molar-refractivity contribution in [3.8, 4) is 0 Å². The van der Waals surface area contributed by atoms with E-state index in [1.807, 2.05) is 19.2 Å². The molecular formula is C20H28N4O. The van der Waals surface area contributed by atoms with Crippen molar-refractivity contribution in [2.75, 3.05) is 33.7 Å². The predicted molar refractivity (Wildman–Crippen MR) is 102 cm³/mol. The number of guanidine groups is 1. The largest absolute Gasteiger partial charge is 0.468 e. The van der Waals surface area contributed by atoms with E-state index in [9.17, 15) is 0 Å². The first-order valence-electron chi connectivity index (χ1n) is 9.01. The van der Waals surface area contributed by atoms with Gasteiger partial charge >= 0.3 is 0 Å². The Labute approximate surface area is 150 Å². The van der Waals surface area contributed by atoms with Gasteiger partial charge in [0.05, 0.1) is 12.3 Å². The standard InChI is InChI=1S/C20H28N4O/c1-21-20(23(2)16-17-9-4-3-5-10-17)22-15-18(19-11-8-14-25-19)24-12-6-7-13-24/h3-5,8-11,14,18H,6-7,12-13,15-16H2,1-2H3,(H,21,22). The lowest BCUT2D eigenvalue weighted by atomic mass is 10.2. The fraction of sp³-hybridized carbons (Fsp3) is 0.450. The minimum atomic E-state index is 0.249. The number of hydrogen-bond donors (Lipinski definition) is 1. The molecule has 5 nitrogen and oxygen atoms in total. The van der Waals surface area contributed by atoms with Gasteiger partial charge in [-0.25, -0.2) is 0 Å². The Morgan fingerprint density at radius 3 is 2.60 bits per heavy atom. The molecule has 0 radical (unpaired) electrons. The molecule has 1 fully saturated rings. The van der Waals surface area contributed by atoms with Crippen LogP contribution in [-0.2, 0) is 6.54 Å². The number of furan rings is 1. The zero-order chi connectivity index (χ0) is 17.5. The van der Waals surface area contributed by atoms with E-state index in [0.29, 0.717) is 0 Å². The van der Waals surface area contributed by atoms with Crippen LogP contribution in [0.2, 0.25) is 0 Å². The van der Waals surface area contributed by atoms with Crippen molar-refractivity contribution in [1.82, 2.24) is 15.1 Å². The maximum Gasteiger partial charge on any atom is 0.193 e. The SMILES string of the molecule is CN=C(NCC(c1ccco1)N1CCCC1)N(C)Cc1ccccc1. The van der Waals surface area contributed by atoms with E-state index < -0.39 is 0 Å². The Bertz CT molecular complexity index is 648. The molecule has 1 aliphatic rings. The van der Waals surface area contributed by atoms with Gasteiger partial charge in [-0.3, -0.25) is 9.89 Å². The summed E-state index contributed by atoms with van der Waals surface area (Å²) in [7, 11) is 3.90. The summed E-state index contributed by atoms with van der Waals surface area (Å²) in [5, 5.41) is 3.53. The maximum absolute atomic E-state index is 5.69. The molecule has 2 heterocycles. The van der Waals surface area contributed by atoms with Gasteiger partial charge in [-0.1, -0.05) is 30.3 Å². The van der Waals surface area contributed by atoms with Crippen LogP contribution in [0.5, 0.6) is 0 Å². The second kappa shape index (κ2) is 8.72. The summed E-state index contributed by atoms with van der Waals surface area (Å²) >= 11 is 0. The molecule has 1 unspecified atom stereocenters. The number of nitrogens with zero attached hydrogens (tertiary/aromatic N) is 3. The van der Waals surface area contributed by atoms with E-state index in [1.54, 1.807) is 6.26 Å². The van der Waals surface area contributed by atoms with Crippen LogP contribution in [-0.4, -0.2) is 49.5 Å². The molecule has 134 valence electrons. The Morgan fingerprint density at radius 2 is 1.96 bits per heavy atom. The highest BCUT2D eigenvalue weighted by molar-refractivity contribution is 5.79. The molecule has 1 aliphatic heterocycles. The van der Waals surface area contributed by atoms with E-state index >= 15 is 0 Å². The number of likely N-dealkylation sites (tertiary alicyclic amines) is 1. The molecule has 25 heavy (non-hydrogen) atoms. The monoisotopic (exact) mass is 340 g/mol. The van der Waals surface area contributed by atoms with Gasteiger partial charge < -0.3 is 14.6 Å². The van der Waals surface area contributed by atoms with Gasteiger partial charge in [0.15, 0.2) is 5.96 Å². The maximum atomic E-state index is 5.69. The van der Waals surface area contributed by atoms with Gasteiger partial charge in [-0.05, 0) is 43.6 Å². The van der Waals surface area contributed by atoms with E-state index in [-0.39, 0.29) is 6.04 Å². The van der Waals surface area contributed by atoms with Crippen molar-refractivity contribution in [1.29, 1.82) is 0 Å².